The molecule has 1 atom stereocenters. The molecule has 4 rings (SSSR count). The Morgan fingerprint density at radius 1 is 1.07 bits per heavy atom. The van der Waals surface area contributed by atoms with Gasteiger partial charge in [-0.05, 0) is 29.8 Å². The van der Waals surface area contributed by atoms with E-state index in [0.717, 1.165) is 16.8 Å². The summed E-state index contributed by atoms with van der Waals surface area (Å²) in [7, 11) is 0. The van der Waals surface area contributed by atoms with Crippen molar-refractivity contribution < 1.29 is 9.57 Å². The molecular weight excluding hydrogens is 380 g/mol. The zero-order chi connectivity index (χ0) is 19.5. The molecule has 1 aliphatic heterocycles. The molecule has 2 aromatic heterocycles. The number of hydrogen-bond acceptors (Lipinski definition) is 8. The molecule has 0 bridgehead atoms. The third kappa shape index (κ3) is 4.12. The first kappa shape index (κ1) is 18.0. The number of aromatic nitrogens is 3. The van der Waals surface area contributed by atoms with Gasteiger partial charge in [0, 0.05) is 18.4 Å². The van der Waals surface area contributed by atoms with Crippen LogP contribution in [0.4, 0.5) is 11.6 Å². The lowest BCUT2D eigenvalue weighted by atomic mass is 10.0. The molecule has 3 heterocycles. The van der Waals surface area contributed by atoms with Gasteiger partial charge in [0.2, 0.25) is 5.88 Å². The minimum Gasteiger partial charge on any atom is -0.437 e. The maximum absolute atomic E-state index is 5.93. The summed E-state index contributed by atoms with van der Waals surface area (Å²) in [5, 5.41) is 4.47. The second-order valence-corrected chi connectivity index (χ2v) is 6.66. The maximum Gasteiger partial charge on any atom is 0.239 e. The van der Waals surface area contributed by atoms with E-state index in [1.54, 1.807) is 6.07 Å². The van der Waals surface area contributed by atoms with E-state index in [1.807, 2.05) is 30.3 Å². The Labute approximate surface area is 166 Å². The number of benzene rings is 1. The lowest BCUT2D eigenvalue weighted by Crippen LogP contribution is -2.07. The van der Waals surface area contributed by atoms with E-state index in [2.05, 4.69) is 20.1 Å². The van der Waals surface area contributed by atoms with E-state index >= 15 is 0 Å². The van der Waals surface area contributed by atoms with Crippen molar-refractivity contribution in [1.29, 1.82) is 0 Å². The number of rotatable bonds is 5. The largest absolute Gasteiger partial charge is 0.437 e. The van der Waals surface area contributed by atoms with E-state index in [9.17, 15) is 0 Å². The van der Waals surface area contributed by atoms with Crippen LogP contribution in [0.25, 0.3) is 0 Å². The molecule has 9 heteroatoms. The normalized spacial score (nSPS) is 15.8. The highest BCUT2D eigenvalue weighted by molar-refractivity contribution is 6.29. The van der Waals surface area contributed by atoms with Gasteiger partial charge in [-0.2, -0.15) is 4.98 Å². The molecule has 3 aromatic rings. The summed E-state index contributed by atoms with van der Waals surface area (Å²) in [6.07, 6.45) is 4.01. The Hall–Kier alpha value is -3.39. The number of halogens is 1. The summed E-state index contributed by atoms with van der Waals surface area (Å²) in [6.45, 7) is 0. The summed E-state index contributed by atoms with van der Waals surface area (Å²) >= 11 is 5.81. The highest BCUT2D eigenvalue weighted by Gasteiger charge is 2.25. The molecule has 0 saturated carbocycles. The van der Waals surface area contributed by atoms with Crippen LogP contribution in [-0.2, 0) is 11.3 Å². The summed E-state index contributed by atoms with van der Waals surface area (Å²) < 4.78 is 5.64. The number of nitrogen functional groups attached to an aromatic ring is 2. The fourth-order valence-electron chi connectivity index (χ4n) is 2.88. The second kappa shape index (κ2) is 7.69. The molecule has 0 saturated heterocycles. The van der Waals surface area contributed by atoms with Crippen molar-refractivity contribution in [1.82, 2.24) is 15.0 Å². The summed E-state index contributed by atoms with van der Waals surface area (Å²) in [5.41, 5.74) is 14.4. The van der Waals surface area contributed by atoms with Crippen molar-refractivity contribution in [3.05, 3.63) is 65.1 Å². The van der Waals surface area contributed by atoms with Crippen molar-refractivity contribution in [3.8, 4) is 11.6 Å². The molecular formula is C19H17ClN6O2. The van der Waals surface area contributed by atoms with Crippen molar-refractivity contribution in [2.45, 2.75) is 18.9 Å². The molecule has 142 valence electrons. The van der Waals surface area contributed by atoms with Crippen molar-refractivity contribution in [2.24, 2.45) is 5.16 Å². The zero-order valence-electron chi connectivity index (χ0n) is 14.7. The molecule has 4 N–H and O–H groups in total. The molecule has 1 unspecified atom stereocenters. The van der Waals surface area contributed by atoms with Crippen LogP contribution < -0.4 is 16.2 Å². The van der Waals surface area contributed by atoms with Gasteiger partial charge in [0.25, 0.3) is 0 Å². The minimum absolute atomic E-state index is 0.243. The quantitative estimate of drug-likeness (QED) is 0.676. The molecule has 1 aliphatic rings. The fourth-order valence-corrected chi connectivity index (χ4v) is 3.02. The molecule has 0 amide bonds. The van der Waals surface area contributed by atoms with Gasteiger partial charge in [-0.1, -0.05) is 28.9 Å². The number of ether oxygens (including phenoxy) is 1. The Morgan fingerprint density at radius 2 is 1.89 bits per heavy atom. The van der Waals surface area contributed by atoms with Gasteiger partial charge in [0.05, 0.1) is 18.1 Å². The molecule has 0 fully saturated rings. The molecule has 0 spiro atoms. The highest BCUT2D eigenvalue weighted by atomic mass is 35.5. The molecule has 0 radical (unpaired) electrons. The van der Waals surface area contributed by atoms with Gasteiger partial charge < -0.3 is 21.0 Å². The van der Waals surface area contributed by atoms with Crippen LogP contribution in [0.15, 0.2) is 53.9 Å². The van der Waals surface area contributed by atoms with E-state index in [1.165, 1.54) is 12.4 Å². The first-order chi connectivity index (χ1) is 13.6. The number of anilines is 2. The van der Waals surface area contributed by atoms with E-state index < -0.39 is 0 Å². The maximum atomic E-state index is 5.93. The average Bonchev–Trinajstić information content (AvgIpc) is 3.11. The summed E-state index contributed by atoms with van der Waals surface area (Å²) in [4.78, 5) is 17.6. The van der Waals surface area contributed by atoms with E-state index in [-0.39, 0.29) is 11.3 Å². The van der Waals surface area contributed by atoms with Crippen LogP contribution in [-0.4, -0.2) is 20.7 Å². The number of nitrogens with zero attached hydrogens (tertiary/aromatic N) is 4. The van der Waals surface area contributed by atoms with Crippen molar-refractivity contribution >= 4 is 28.9 Å². The lowest BCUT2D eigenvalue weighted by molar-refractivity contribution is 0.0860. The molecule has 1 aromatic carbocycles. The first-order valence-corrected chi connectivity index (χ1v) is 8.92. The standard InChI is InChI=1S/C19H17ClN6O2/c20-16-9-23-10-18(24-16)27-13-3-1-11(2-4-13)7-12-8-15(28-26-12)14-5-6-17(21)25-19(14)22/h1-6,9-10,15H,7-8H2,(H4,21,22,25). The average molecular weight is 397 g/mol. The Balaban J connectivity index is 1.37. The minimum atomic E-state index is -0.243. The summed E-state index contributed by atoms with van der Waals surface area (Å²) in [6, 6.07) is 11.2. The van der Waals surface area contributed by atoms with Gasteiger partial charge in [0.15, 0.2) is 11.3 Å². The topological polar surface area (TPSA) is 122 Å². The van der Waals surface area contributed by atoms with Gasteiger partial charge in [0.1, 0.15) is 17.4 Å². The number of pyridine rings is 1. The Bertz CT molecular complexity index is 1030. The van der Waals surface area contributed by atoms with Crippen LogP contribution in [0.1, 0.15) is 23.7 Å². The fraction of sp³-hybridized carbons (Fsp3) is 0.158. The highest BCUT2D eigenvalue weighted by Crippen LogP contribution is 2.31. The van der Waals surface area contributed by atoms with E-state index in [4.69, 9.17) is 32.6 Å². The first-order valence-electron chi connectivity index (χ1n) is 8.54. The monoisotopic (exact) mass is 396 g/mol. The van der Waals surface area contributed by atoms with Gasteiger partial charge in [-0.15, -0.1) is 0 Å². The predicted octanol–water partition coefficient (Wildman–Crippen LogP) is 3.54. The van der Waals surface area contributed by atoms with Gasteiger partial charge in [-0.3, -0.25) is 4.98 Å². The van der Waals surface area contributed by atoms with Crippen LogP contribution in [0.3, 0.4) is 0 Å². The smallest absolute Gasteiger partial charge is 0.239 e. The van der Waals surface area contributed by atoms with Gasteiger partial charge >= 0.3 is 0 Å². The third-order valence-corrected chi connectivity index (χ3v) is 4.38. The number of hydrogen-bond donors (Lipinski definition) is 2. The second-order valence-electron chi connectivity index (χ2n) is 6.27. The van der Waals surface area contributed by atoms with Crippen LogP contribution in [0.5, 0.6) is 11.6 Å². The van der Waals surface area contributed by atoms with Crippen LogP contribution in [0.2, 0.25) is 5.15 Å². The molecule has 8 nitrogen and oxygen atoms in total. The summed E-state index contributed by atoms with van der Waals surface area (Å²) in [5.74, 6) is 1.73. The van der Waals surface area contributed by atoms with Crippen LogP contribution in [0, 0.1) is 0 Å². The predicted molar refractivity (Wildman–Crippen MR) is 106 cm³/mol. The van der Waals surface area contributed by atoms with Crippen LogP contribution >= 0.6 is 11.6 Å². The van der Waals surface area contributed by atoms with Crippen molar-refractivity contribution in [3.63, 3.8) is 0 Å². The Morgan fingerprint density at radius 3 is 2.64 bits per heavy atom. The third-order valence-electron chi connectivity index (χ3n) is 4.19. The van der Waals surface area contributed by atoms with E-state index in [0.29, 0.717) is 36.1 Å². The molecule has 28 heavy (non-hydrogen) atoms. The zero-order valence-corrected chi connectivity index (χ0v) is 15.5. The SMILES string of the molecule is Nc1ccc(C2CC(Cc3ccc(Oc4cncc(Cl)n4)cc3)=NO2)c(N)n1. The number of oxime groups is 1. The Kier molecular flexibility index (Phi) is 4.94. The lowest BCUT2D eigenvalue weighted by Gasteiger charge is -2.11. The number of nitrogens with two attached hydrogens (primary N) is 2. The van der Waals surface area contributed by atoms with Gasteiger partial charge in [-0.25, -0.2) is 4.98 Å². The van der Waals surface area contributed by atoms with Crippen molar-refractivity contribution in [2.75, 3.05) is 11.5 Å². The molecule has 0 aliphatic carbocycles.